The largest absolute Gasteiger partial charge is 0.423 e. The Labute approximate surface area is 245 Å². The molecule has 40 heavy (non-hydrogen) atoms. The summed E-state index contributed by atoms with van der Waals surface area (Å²) in [7, 11) is 0. The summed E-state index contributed by atoms with van der Waals surface area (Å²) < 4.78 is 5.49. The normalized spacial score (nSPS) is 16.7. The van der Waals surface area contributed by atoms with Gasteiger partial charge in [0.15, 0.2) is 0 Å². The van der Waals surface area contributed by atoms with E-state index in [1.807, 2.05) is 43.3 Å². The first-order valence-electron chi connectivity index (χ1n) is 14.5. The lowest BCUT2D eigenvalue weighted by molar-refractivity contribution is -0.129. The van der Waals surface area contributed by atoms with Gasteiger partial charge in [0.2, 0.25) is 0 Å². The Bertz CT molecular complexity index is 1160. The zero-order valence-electron chi connectivity index (χ0n) is 26.3. The van der Waals surface area contributed by atoms with Crippen LogP contribution in [0.15, 0.2) is 114 Å². The first kappa shape index (κ1) is 34.6. The second-order valence-electron chi connectivity index (χ2n) is 11.6. The number of carbonyl (C=O) groups is 1. The SMILES string of the molecule is C=C.CC(C)=CCCC(C)/C=C/c1ccc(OC(=O)/C=C(C)/C=C/C=C(C)/C=C/C2=C(C)CCCC2(C)C)cc1. The summed E-state index contributed by atoms with van der Waals surface area (Å²) in [5.41, 5.74) is 7.71. The highest BCUT2D eigenvalue weighted by atomic mass is 16.5. The molecule has 0 aliphatic heterocycles. The molecule has 0 fully saturated rings. The maximum Gasteiger partial charge on any atom is 0.336 e. The molecule has 1 aliphatic rings. The summed E-state index contributed by atoms with van der Waals surface area (Å²) in [6, 6.07) is 7.64. The summed E-state index contributed by atoms with van der Waals surface area (Å²) in [6.07, 6.45) is 24.6. The highest BCUT2D eigenvalue weighted by molar-refractivity contribution is 5.85. The number of ether oxygens (including phenoxy) is 1. The lowest BCUT2D eigenvalue weighted by Crippen LogP contribution is -2.19. The zero-order valence-corrected chi connectivity index (χ0v) is 26.3. The van der Waals surface area contributed by atoms with Gasteiger partial charge in [-0.3, -0.25) is 0 Å². The van der Waals surface area contributed by atoms with Gasteiger partial charge < -0.3 is 4.74 Å². The Balaban J connectivity index is 0.00000391. The predicted octanol–water partition coefficient (Wildman–Crippen LogP) is 11.3. The average molecular weight is 541 g/mol. The fourth-order valence-electron chi connectivity index (χ4n) is 4.67. The molecule has 1 aromatic rings. The Morgan fingerprint density at radius 1 is 1.02 bits per heavy atom. The van der Waals surface area contributed by atoms with Crippen molar-refractivity contribution >= 4 is 12.0 Å². The Hall–Kier alpha value is -3.39. The summed E-state index contributed by atoms with van der Waals surface area (Å²) in [5.74, 6) is 0.698. The van der Waals surface area contributed by atoms with E-state index in [4.69, 9.17) is 4.74 Å². The number of carbonyl (C=O) groups excluding carboxylic acids is 1. The first-order valence-corrected chi connectivity index (χ1v) is 14.5. The molecule has 216 valence electrons. The van der Waals surface area contributed by atoms with Crippen LogP contribution in [0.3, 0.4) is 0 Å². The molecule has 1 aromatic carbocycles. The van der Waals surface area contributed by atoms with E-state index in [-0.39, 0.29) is 11.4 Å². The molecule has 1 atom stereocenters. The molecule has 1 unspecified atom stereocenters. The van der Waals surface area contributed by atoms with Gasteiger partial charge in [0.05, 0.1) is 0 Å². The monoisotopic (exact) mass is 540 g/mol. The molecule has 0 aromatic heterocycles. The second-order valence-corrected chi connectivity index (χ2v) is 11.6. The van der Waals surface area contributed by atoms with Crippen molar-refractivity contribution in [3.63, 3.8) is 0 Å². The van der Waals surface area contributed by atoms with E-state index in [0.717, 1.165) is 24.0 Å². The van der Waals surface area contributed by atoms with Gasteiger partial charge in [0, 0.05) is 6.08 Å². The minimum atomic E-state index is -0.370. The number of hydrogen-bond acceptors (Lipinski definition) is 2. The quantitative estimate of drug-likeness (QED) is 0.0917. The molecule has 0 N–H and O–H groups in total. The third-order valence-electron chi connectivity index (χ3n) is 7.01. The Morgan fingerprint density at radius 2 is 1.70 bits per heavy atom. The van der Waals surface area contributed by atoms with Crippen molar-refractivity contribution in [2.24, 2.45) is 11.3 Å². The van der Waals surface area contributed by atoms with Gasteiger partial charge in [-0.15, -0.1) is 13.2 Å². The molecule has 0 radical (unpaired) electrons. The first-order chi connectivity index (χ1) is 19.0. The topological polar surface area (TPSA) is 26.3 Å². The fourth-order valence-corrected chi connectivity index (χ4v) is 4.67. The predicted molar refractivity (Wildman–Crippen MR) is 176 cm³/mol. The summed E-state index contributed by atoms with van der Waals surface area (Å²) >= 11 is 0. The van der Waals surface area contributed by atoms with E-state index < -0.39 is 0 Å². The molecule has 0 saturated carbocycles. The third kappa shape index (κ3) is 13.6. The highest BCUT2D eigenvalue weighted by Crippen LogP contribution is 2.40. The number of allylic oxidation sites excluding steroid dienone is 12. The van der Waals surface area contributed by atoms with Crippen LogP contribution < -0.4 is 4.74 Å². The molecule has 1 aliphatic carbocycles. The van der Waals surface area contributed by atoms with Crippen molar-refractivity contribution in [2.75, 3.05) is 0 Å². The van der Waals surface area contributed by atoms with E-state index in [1.165, 1.54) is 47.6 Å². The molecule has 2 rings (SSSR count). The van der Waals surface area contributed by atoms with Crippen LogP contribution in [0.25, 0.3) is 6.08 Å². The van der Waals surface area contributed by atoms with Crippen molar-refractivity contribution in [2.45, 2.75) is 87.5 Å². The van der Waals surface area contributed by atoms with Gasteiger partial charge in [-0.1, -0.05) is 98.2 Å². The van der Waals surface area contributed by atoms with Gasteiger partial charge in [0.1, 0.15) is 5.75 Å². The van der Waals surface area contributed by atoms with E-state index in [1.54, 1.807) is 0 Å². The summed E-state index contributed by atoms with van der Waals surface area (Å²) in [4.78, 5) is 12.4. The van der Waals surface area contributed by atoms with Gasteiger partial charge in [-0.2, -0.15) is 0 Å². The van der Waals surface area contributed by atoms with Crippen LogP contribution in [0.2, 0.25) is 0 Å². The number of rotatable bonds is 11. The van der Waals surface area contributed by atoms with Gasteiger partial charge in [-0.05, 0) is 107 Å². The van der Waals surface area contributed by atoms with Crippen molar-refractivity contribution in [1.29, 1.82) is 0 Å². The van der Waals surface area contributed by atoms with Crippen LogP contribution in [-0.4, -0.2) is 5.97 Å². The minimum absolute atomic E-state index is 0.245. The zero-order chi connectivity index (χ0) is 30.1. The standard InChI is InChI=1S/C36H48O2.C2H4/c1-27(2)12-9-13-28(3)17-19-32-20-22-33(23-21-32)38-35(37)26-30(5)15-10-14-29(4)18-24-34-31(6)16-11-25-36(34,7)8;1-2/h10,12,14-15,17-24,26,28H,9,11,13,16,25H2,1-8H3;1-2H2/b15-10+,19-17+,24-18+,29-14+,30-26+;. The number of hydrogen-bond donors (Lipinski definition) is 0. The maximum absolute atomic E-state index is 12.4. The molecular weight excluding hydrogens is 488 g/mol. The fraction of sp³-hybridized carbons (Fsp3) is 0.395. The average Bonchev–Trinajstić information content (AvgIpc) is 2.88. The Kier molecular flexibility index (Phi) is 15.6. The molecule has 0 bridgehead atoms. The maximum atomic E-state index is 12.4. The highest BCUT2D eigenvalue weighted by Gasteiger charge is 2.26. The van der Waals surface area contributed by atoms with E-state index >= 15 is 0 Å². The van der Waals surface area contributed by atoms with Crippen molar-refractivity contribution < 1.29 is 9.53 Å². The minimum Gasteiger partial charge on any atom is -0.423 e. The van der Waals surface area contributed by atoms with Crippen LogP contribution in [-0.2, 0) is 4.79 Å². The third-order valence-corrected chi connectivity index (χ3v) is 7.01. The van der Waals surface area contributed by atoms with Gasteiger partial charge >= 0.3 is 5.97 Å². The lowest BCUT2D eigenvalue weighted by Gasteiger charge is -2.32. The molecular formula is C38H52O2. The summed E-state index contributed by atoms with van der Waals surface area (Å²) in [5, 5.41) is 0. The van der Waals surface area contributed by atoms with Crippen molar-refractivity contribution in [3.05, 3.63) is 119 Å². The van der Waals surface area contributed by atoms with E-state index in [9.17, 15) is 4.79 Å². The molecule has 2 heteroatoms. The van der Waals surface area contributed by atoms with Crippen molar-refractivity contribution in [1.82, 2.24) is 0 Å². The van der Waals surface area contributed by atoms with E-state index in [2.05, 4.69) is 98.1 Å². The molecule has 2 nitrogen and oxygen atoms in total. The number of esters is 1. The second kappa shape index (κ2) is 18.1. The summed E-state index contributed by atoms with van der Waals surface area (Å²) in [6.45, 7) is 23.4. The van der Waals surface area contributed by atoms with Crippen LogP contribution in [0, 0.1) is 11.3 Å². The van der Waals surface area contributed by atoms with Gasteiger partial charge in [0.25, 0.3) is 0 Å². The van der Waals surface area contributed by atoms with E-state index in [0.29, 0.717) is 11.7 Å². The van der Waals surface area contributed by atoms with Crippen LogP contribution in [0.5, 0.6) is 5.75 Å². The van der Waals surface area contributed by atoms with Crippen LogP contribution in [0.4, 0.5) is 0 Å². The van der Waals surface area contributed by atoms with Crippen molar-refractivity contribution in [3.8, 4) is 5.75 Å². The number of benzene rings is 1. The Morgan fingerprint density at radius 3 is 2.33 bits per heavy atom. The van der Waals surface area contributed by atoms with Crippen LogP contribution >= 0.6 is 0 Å². The molecule has 0 heterocycles. The van der Waals surface area contributed by atoms with Crippen LogP contribution in [0.1, 0.15) is 93.1 Å². The lowest BCUT2D eigenvalue weighted by atomic mass is 9.72. The molecule has 0 saturated heterocycles. The molecule has 0 spiro atoms. The smallest absolute Gasteiger partial charge is 0.336 e. The van der Waals surface area contributed by atoms with Gasteiger partial charge in [-0.25, -0.2) is 4.79 Å². The molecule has 0 amide bonds.